The second-order valence-corrected chi connectivity index (χ2v) is 7.60. The number of nitrogens with one attached hydrogen (secondary N) is 2. The van der Waals surface area contributed by atoms with E-state index >= 15 is 0 Å². The molecule has 1 amide bonds. The van der Waals surface area contributed by atoms with Gasteiger partial charge in [-0.2, -0.15) is 0 Å². The Morgan fingerprint density at radius 2 is 1.96 bits per heavy atom. The molecule has 0 radical (unpaired) electrons. The Morgan fingerprint density at radius 1 is 1.26 bits per heavy atom. The van der Waals surface area contributed by atoms with Crippen molar-refractivity contribution in [3.8, 4) is 0 Å². The number of carbonyl (C=O) groups is 1. The average molecular weight is 333 g/mol. The summed E-state index contributed by atoms with van der Waals surface area (Å²) in [5.41, 5.74) is 1.54. The van der Waals surface area contributed by atoms with Crippen LogP contribution < -0.4 is 10.0 Å². The van der Waals surface area contributed by atoms with Gasteiger partial charge in [-0.1, -0.05) is 30.3 Å². The Bertz CT molecular complexity index is 828. The molecule has 3 rings (SSSR count). The van der Waals surface area contributed by atoms with Crippen LogP contribution in [-0.2, 0) is 17.1 Å². The van der Waals surface area contributed by atoms with Crippen LogP contribution in [-0.4, -0.2) is 32.0 Å². The first-order valence-electron chi connectivity index (χ1n) is 7.38. The Morgan fingerprint density at radius 3 is 2.61 bits per heavy atom. The van der Waals surface area contributed by atoms with Gasteiger partial charge in [0.1, 0.15) is 10.6 Å². The Hall–Kier alpha value is -2.12. The summed E-state index contributed by atoms with van der Waals surface area (Å²) in [6, 6.07) is 11.5. The maximum Gasteiger partial charge on any atom is 0.268 e. The first-order valence-corrected chi connectivity index (χ1v) is 8.86. The van der Waals surface area contributed by atoms with Crippen molar-refractivity contribution in [2.75, 3.05) is 7.05 Å². The second kappa shape index (κ2) is 5.82. The minimum atomic E-state index is -3.55. The predicted molar refractivity (Wildman–Crippen MR) is 86.7 cm³/mol. The maximum absolute atomic E-state index is 12.4. The molecule has 0 bridgehead atoms. The molecule has 1 heterocycles. The zero-order chi connectivity index (χ0) is 16.6. The van der Waals surface area contributed by atoms with Crippen LogP contribution in [0.15, 0.2) is 47.5 Å². The fraction of sp³-hybridized carbons (Fsp3) is 0.312. The summed E-state index contributed by atoms with van der Waals surface area (Å²) < 4.78 is 27.4. The Balaban J connectivity index is 1.71. The Kier molecular flexibility index (Phi) is 3.99. The number of carbonyl (C=O) groups excluding carboxylic acids is 1. The normalized spacial score (nSPS) is 20.3. The van der Waals surface area contributed by atoms with Crippen LogP contribution in [0.25, 0.3) is 0 Å². The topological polar surface area (TPSA) is 80.2 Å². The third kappa shape index (κ3) is 3.16. The van der Waals surface area contributed by atoms with Gasteiger partial charge in [0.05, 0.1) is 0 Å². The summed E-state index contributed by atoms with van der Waals surface area (Å²) in [7, 11) is -0.549. The van der Waals surface area contributed by atoms with Crippen LogP contribution in [0.3, 0.4) is 0 Å². The average Bonchev–Trinajstić information content (AvgIpc) is 3.19. The van der Waals surface area contributed by atoms with Gasteiger partial charge in [-0.3, -0.25) is 4.79 Å². The number of amides is 1. The van der Waals surface area contributed by atoms with Crippen molar-refractivity contribution in [1.29, 1.82) is 0 Å². The summed E-state index contributed by atoms with van der Waals surface area (Å²) in [5.74, 6) is 0.0782. The lowest BCUT2D eigenvalue weighted by Crippen LogP contribution is -2.28. The monoisotopic (exact) mass is 333 g/mol. The molecule has 6 nitrogen and oxygen atoms in total. The van der Waals surface area contributed by atoms with Crippen molar-refractivity contribution >= 4 is 15.9 Å². The molecule has 0 saturated heterocycles. The minimum absolute atomic E-state index is 0.0862. The molecule has 1 aliphatic carbocycles. The van der Waals surface area contributed by atoms with E-state index in [9.17, 15) is 13.2 Å². The first-order chi connectivity index (χ1) is 10.9. The summed E-state index contributed by atoms with van der Waals surface area (Å²) in [6.45, 7) is 0. The maximum atomic E-state index is 12.4. The van der Waals surface area contributed by atoms with Gasteiger partial charge in [0.25, 0.3) is 5.91 Å². The summed E-state index contributed by atoms with van der Waals surface area (Å²) in [6.07, 6.45) is 2.34. The van der Waals surface area contributed by atoms with Gasteiger partial charge in [-0.25, -0.2) is 13.1 Å². The molecule has 2 atom stereocenters. The molecule has 1 fully saturated rings. The van der Waals surface area contributed by atoms with Crippen LogP contribution in [0.4, 0.5) is 0 Å². The van der Waals surface area contributed by atoms with Gasteiger partial charge in [-0.05, 0) is 25.1 Å². The number of benzene rings is 1. The lowest BCUT2D eigenvalue weighted by Gasteiger charge is -2.05. The standard InChI is InChI=1S/C16H19N3O3S/c1-17-23(21,22)12-8-15(19(2)10-12)16(20)18-14-9-13(14)11-6-4-3-5-7-11/h3-8,10,13-14,17H,9H2,1-2H3,(H,18,20)/t13-,14+/m0/s1. The van der Waals surface area contributed by atoms with E-state index in [2.05, 4.69) is 22.2 Å². The lowest BCUT2D eigenvalue weighted by atomic mass is 10.1. The van der Waals surface area contributed by atoms with Gasteiger partial charge in [0.2, 0.25) is 10.0 Å². The fourth-order valence-electron chi connectivity index (χ4n) is 2.69. The SMILES string of the molecule is CNS(=O)(=O)c1cc(C(=O)N[C@@H]2C[C@H]2c2ccccc2)n(C)c1. The van der Waals surface area contributed by atoms with Gasteiger partial charge in [-0.15, -0.1) is 0 Å². The van der Waals surface area contributed by atoms with Gasteiger partial charge >= 0.3 is 0 Å². The molecule has 122 valence electrons. The van der Waals surface area contributed by atoms with E-state index in [0.29, 0.717) is 11.6 Å². The summed E-state index contributed by atoms with van der Waals surface area (Å²) in [5, 5.41) is 2.97. The molecule has 1 aromatic heterocycles. The zero-order valence-corrected chi connectivity index (χ0v) is 13.8. The molecule has 0 spiro atoms. The van der Waals surface area contributed by atoms with E-state index in [1.54, 1.807) is 7.05 Å². The molecular formula is C16H19N3O3S. The second-order valence-electron chi connectivity index (χ2n) is 5.71. The zero-order valence-electron chi connectivity index (χ0n) is 13.0. The van der Waals surface area contributed by atoms with E-state index < -0.39 is 10.0 Å². The minimum Gasteiger partial charge on any atom is -0.347 e. The van der Waals surface area contributed by atoms with Crippen molar-refractivity contribution in [3.63, 3.8) is 0 Å². The van der Waals surface area contributed by atoms with Gasteiger partial charge in [0.15, 0.2) is 0 Å². The highest BCUT2D eigenvalue weighted by atomic mass is 32.2. The van der Waals surface area contributed by atoms with Crippen LogP contribution in [0.2, 0.25) is 0 Å². The van der Waals surface area contributed by atoms with E-state index in [1.165, 1.54) is 29.4 Å². The van der Waals surface area contributed by atoms with Crippen LogP contribution in [0, 0.1) is 0 Å². The largest absolute Gasteiger partial charge is 0.347 e. The fourth-order valence-corrected chi connectivity index (χ4v) is 3.49. The number of nitrogens with zero attached hydrogens (tertiary/aromatic N) is 1. The molecule has 1 aliphatic rings. The van der Waals surface area contributed by atoms with E-state index in [-0.39, 0.29) is 16.8 Å². The van der Waals surface area contributed by atoms with Crippen molar-refractivity contribution < 1.29 is 13.2 Å². The number of rotatable bonds is 5. The lowest BCUT2D eigenvalue weighted by molar-refractivity contribution is 0.0942. The number of aromatic nitrogens is 1. The highest BCUT2D eigenvalue weighted by Crippen LogP contribution is 2.40. The molecule has 2 N–H and O–H groups in total. The molecule has 1 aromatic carbocycles. The first kappa shape index (κ1) is 15.8. The molecule has 0 unspecified atom stereocenters. The number of aryl methyl sites for hydroxylation is 1. The quantitative estimate of drug-likeness (QED) is 0.863. The van der Waals surface area contributed by atoms with Crippen molar-refractivity contribution in [1.82, 2.24) is 14.6 Å². The van der Waals surface area contributed by atoms with Crippen molar-refractivity contribution in [3.05, 3.63) is 53.9 Å². The van der Waals surface area contributed by atoms with Crippen molar-refractivity contribution in [2.24, 2.45) is 7.05 Å². The molecule has 7 heteroatoms. The van der Waals surface area contributed by atoms with Crippen molar-refractivity contribution in [2.45, 2.75) is 23.3 Å². The molecule has 1 saturated carbocycles. The third-order valence-corrected chi connectivity index (χ3v) is 5.51. The van der Waals surface area contributed by atoms with E-state index in [1.807, 2.05) is 18.2 Å². The molecule has 0 aliphatic heterocycles. The van der Waals surface area contributed by atoms with Gasteiger partial charge < -0.3 is 9.88 Å². The third-order valence-electron chi connectivity index (χ3n) is 4.13. The highest BCUT2D eigenvalue weighted by Gasteiger charge is 2.39. The number of sulfonamides is 1. The molecule has 23 heavy (non-hydrogen) atoms. The summed E-state index contributed by atoms with van der Waals surface area (Å²) >= 11 is 0. The van der Waals surface area contributed by atoms with Crippen LogP contribution >= 0.6 is 0 Å². The van der Waals surface area contributed by atoms with Gasteiger partial charge in [0, 0.05) is 25.2 Å². The van der Waals surface area contributed by atoms with E-state index in [0.717, 1.165) is 6.42 Å². The van der Waals surface area contributed by atoms with Crippen LogP contribution in [0.5, 0.6) is 0 Å². The summed E-state index contributed by atoms with van der Waals surface area (Å²) in [4.78, 5) is 12.5. The highest BCUT2D eigenvalue weighted by molar-refractivity contribution is 7.89. The molecule has 2 aromatic rings. The Labute approximate surface area is 135 Å². The molecular weight excluding hydrogens is 314 g/mol. The van der Waals surface area contributed by atoms with E-state index in [4.69, 9.17) is 0 Å². The predicted octanol–water partition coefficient (Wildman–Crippen LogP) is 1.22. The number of hydrogen-bond acceptors (Lipinski definition) is 3. The smallest absolute Gasteiger partial charge is 0.268 e. The number of hydrogen-bond donors (Lipinski definition) is 2. The van der Waals surface area contributed by atoms with Crippen LogP contribution in [0.1, 0.15) is 28.4 Å².